The van der Waals surface area contributed by atoms with Gasteiger partial charge in [0.1, 0.15) is 11.9 Å². The van der Waals surface area contributed by atoms with Crippen LogP contribution in [-0.4, -0.2) is 29.7 Å². The lowest BCUT2D eigenvalue weighted by atomic mass is 10.2. The summed E-state index contributed by atoms with van der Waals surface area (Å²) in [5.41, 5.74) is 3.27. The van der Waals surface area contributed by atoms with E-state index in [2.05, 4.69) is 10.5 Å². The van der Waals surface area contributed by atoms with Crippen molar-refractivity contribution in [3.8, 4) is 5.75 Å². The van der Waals surface area contributed by atoms with Crippen molar-refractivity contribution in [1.29, 1.82) is 0 Å². The number of carbonyl (C=O) groups excluding carboxylic acids is 1. The van der Waals surface area contributed by atoms with E-state index in [-0.39, 0.29) is 5.91 Å². The van der Waals surface area contributed by atoms with Gasteiger partial charge in [-0.2, -0.15) is 16.9 Å². The van der Waals surface area contributed by atoms with E-state index in [4.69, 9.17) is 4.74 Å². The van der Waals surface area contributed by atoms with Crippen molar-refractivity contribution < 1.29 is 9.53 Å². The zero-order valence-corrected chi connectivity index (χ0v) is 10.4. The van der Waals surface area contributed by atoms with Gasteiger partial charge in [-0.25, -0.2) is 5.43 Å². The summed E-state index contributed by atoms with van der Waals surface area (Å²) in [4.78, 5) is 10.6. The Morgan fingerprint density at radius 2 is 2.41 bits per heavy atom. The van der Waals surface area contributed by atoms with Crippen LogP contribution in [0.2, 0.25) is 0 Å². The molecule has 0 spiro atoms. The number of hydrogen-bond donors (Lipinski definition) is 1. The maximum Gasteiger partial charge on any atom is 0.236 e. The molecule has 1 aliphatic rings. The Hall–Kier alpha value is -1.49. The van der Waals surface area contributed by atoms with Gasteiger partial charge in [-0.05, 0) is 17.7 Å². The van der Waals surface area contributed by atoms with E-state index in [1.807, 2.05) is 36.0 Å². The second kappa shape index (κ2) is 5.72. The molecule has 1 aliphatic heterocycles. The molecule has 0 radical (unpaired) electrons. The number of ether oxygens (including phenoxy) is 1. The Balaban J connectivity index is 1.95. The van der Waals surface area contributed by atoms with Crippen molar-refractivity contribution in [3.05, 3.63) is 29.8 Å². The highest BCUT2D eigenvalue weighted by molar-refractivity contribution is 8.00. The Morgan fingerprint density at radius 3 is 3.06 bits per heavy atom. The van der Waals surface area contributed by atoms with Crippen LogP contribution in [0.1, 0.15) is 12.5 Å². The highest BCUT2D eigenvalue weighted by atomic mass is 32.2. The van der Waals surface area contributed by atoms with Crippen LogP contribution in [0.15, 0.2) is 29.4 Å². The van der Waals surface area contributed by atoms with Crippen molar-refractivity contribution >= 4 is 23.9 Å². The molecule has 5 heteroatoms. The van der Waals surface area contributed by atoms with Gasteiger partial charge in [0.05, 0.1) is 6.21 Å². The smallest absolute Gasteiger partial charge is 0.236 e. The molecule has 0 unspecified atom stereocenters. The molecule has 17 heavy (non-hydrogen) atoms. The molecular formula is C12H14N2O2S. The van der Waals surface area contributed by atoms with E-state index in [1.165, 1.54) is 6.92 Å². The summed E-state index contributed by atoms with van der Waals surface area (Å²) >= 11 is 1.89. The summed E-state index contributed by atoms with van der Waals surface area (Å²) in [6, 6.07) is 7.66. The topological polar surface area (TPSA) is 50.7 Å². The molecule has 0 atom stereocenters. The molecule has 0 bridgehead atoms. The van der Waals surface area contributed by atoms with E-state index in [9.17, 15) is 4.79 Å². The number of benzene rings is 1. The van der Waals surface area contributed by atoms with Gasteiger partial charge in [0.15, 0.2) is 0 Å². The number of rotatable bonds is 4. The zero-order valence-electron chi connectivity index (χ0n) is 9.55. The lowest BCUT2D eigenvalue weighted by Gasteiger charge is -2.25. The number of hydrazone groups is 1. The molecule has 1 saturated heterocycles. The molecule has 2 rings (SSSR count). The Labute approximate surface area is 104 Å². The number of amides is 1. The van der Waals surface area contributed by atoms with Crippen LogP contribution >= 0.6 is 11.8 Å². The molecule has 0 aromatic heterocycles. The Bertz CT molecular complexity index is 430. The molecule has 1 amide bonds. The van der Waals surface area contributed by atoms with Gasteiger partial charge in [-0.3, -0.25) is 4.79 Å². The highest BCUT2D eigenvalue weighted by Crippen LogP contribution is 2.24. The first-order valence-corrected chi connectivity index (χ1v) is 6.53. The molecule has 90 valence electrons. The fourth-order valence-corrected chi connectivity index (χ4v) is 1.90. The number of nitrogens with one attached hydrogen (secondary N) is 1. The standard InChI is InChI=1S/C12H14N2O2S/c1-9(15)14-13-6-10-3-2-4-11(5-10)16-12-7-17-8-12/h2-6,12H,7-8H2,1H3,(H,14,15). The van der Waals surface area contributed by atoms with Crippen molar-refractivity contribution in [1.82, 2.24) is 5.43 Å². The van der Waals surface area contributed by atoms with Crippen LogP contribution in [0.4, 0.5) is 0 Å². The third-order valence-electron chi connectivity index (χ3n) is 2.20. The van der Waals surface area contributed by atoms with Gasteiger partial charge < -0.3 is 4.74 Å². The highest BCUT2D eigenvalue weighted by Gasteiger charge is 2.19. The molecule has 1 fully saturated rings. The van der Waals surface area contributed by atoms with Crippen molar-refractivity contribution in [2.45, 2.75) is 13.0 Å². The minimum Gasteiger partial charge on any atom is -0.489 e. The number of hydrogen-bond acceptors (Lipinski definition) is 4. The summed E-state index contributed by atoms with van der Waals surface area (Å²) < 4.78 is 5.75. The first-order chi connectivity index (χ1) is 8.24. The van der Waals surface area contributed by atoms with Crippen molar-refractivity contribution in [3.63, 3.8) is 0 Å². The maximum absolute atomic E-state index is 10.6. The van der Waals surface area contributed by atoms with Crippen LogP contribution in [0.3, 0.4) is 0 Å². The molecular weight excluding hydrogens is 236 g/mol. The molecule has 1 heterocycles. The Morgan fingerprint density at radius 1 is 1.59 bits per heavy atom. The second-order valence-corrected chi connectivity index (χ2v) is 4.85. The monoisotopic (exact) mass is 250 g/mol. The second-order valence-electron chi connectivity index (χ2n) is 3.78. The van der Waals surface area contributed by atoms with Gasteiger partial charge in [-0.15, -0.1) is 0 Å². The van der Waals surface area contributed by atoms with Gasteiger partial charge in [0, 0.05) is 18.4 Å². The van der Waals surface area contributed by atoms with E-state index in [1.54, 1.807) is 6.21 Å². The van der Waals surface area contributed by atoms with Crippen LogP contribution < -0.4 is 10.2 Å². The average Bonchev–Trinajstić information content (AvgIpc) is 2.24. The van der Waals surface area contributed by atoms with E-state index < -0.39 is 0 Å². The number of nitrogens with zero attached hydrogens (tertiary/aromatic N) is 1. The van der Waals surface area contributed by atoms with Gasteiger partial charge in [0.25, 0.3) is 0 Å². The van der Waals surface area contributed by atoms with Crippen molar-refractivity contribution in [2.75, 3.05) is 11.5 Å². The predicted octanol–water partition coefficient (Wildman–Crippen LogP) is 1.65. The molecule has 4 nitrogen and oxygen atoms in total. The minimum atomic E-state index is -0.180. The van der Waals surface area contributed by atoms with Crippen LogP contribution in [0, 0.1) is 0 Å². The minimum absolute atomic E-state index is 0.180. The van der Waals surface area contributed by atoms with Gasteiger partial charge in [-0.1, -0.05) is 12.1 Å². The van der Waals surface area contributed by atoms with Gasteiger partial charge in [0.2, 0.25) is 5.91 Å². The molecule has 0 aliphatic carbocycles. The normalized spacial score (nSPS) is 15.6. The van der Waals surface area contributed by atoms with Crippen LogP contribution in [0.25, 0.3) is 0 Å². The third-order valence-corrected chi connectivity index (χ3v) is 3.42. The first kappa shape index (κ1) is 12.0. The number of thioether (sulfide) groups is 1. The lowest BCUT2D eigenvalue weighted by molar-refractivity contribution is -0.118. The Kier molecular flexibility index (Phi) is 4.03. The van der Waals surface area contributed by atoms with Crippen molar-refractivity contribution in [2.24, 2.45) is 5.10 Å². The first-order valence-electron chi connectivity index (χ1n) is 5.38. The average molecular weight is 250 g/mol. The summed E-state index contributed by atoms with van der Waals surface area (Å²) in [5.74, 6) is 2.79. The predicted molar refractivity (Wildman–Crippen MR) is 69.6 cm³/mol. The largest absolute Gasteiger partial charge is 0.489 e. The quantitative estimate of drug-likeness (QED) is 0.653. The fraction of sp³-hybridized carbons (Fsp3) is 0.333. The molecule has 1 aromatic rings. The fourth-order valence-electron chi connectivity index (χ4n) is 1.34. The van der Waals surface area contributed by atoms with Crippen LogP contribution in [0.5, 0.6) is 5.75 Å². The summed E-state index contributed by atoms with van der Waals surface area (Å²) in [6.45, 7) is 1.42. The van der Waals surface area contributed by atoms with E-state index in [0.717, 1.165) is 22.8 Å². The molecule has 0 saturated carbocycles. The summed E-state index contributed by atoms with van der Waals surface area (Å²) in [6.07, 6.45) is 1.94. The molecule has 1 aromatic carbocycles. The summed E-state index contributed by atoms with van der Waals surface area (Å²) in [7, 11) is 0. The molecule has 1 N–H and O–H groups in total. The zero-order chi connectivity index (χ0) is 12.1. The maximum atomic E-state index is 10.6. The van der Waals surface area contributed by atoms with Crippen LogP contribution in [-0.2, 0) is 4.79 Å². The lowest BCUT2D eigenvalue weighted by Crippen LogP contribution is -2.31. The van der Waals surface area contributed by atoms with E-state index >= 15 is 0 Å². The number of carbonyl (C=O) groups is 1. The van der Waals surface area contributed by atoms with E-state index in [0.29, 0.717) is 6.10 Å². The SMILES string of the molecule is CC(=O)NN=Cc1cccc(OC2CSC2)c1. The summed E-state index contributed by atoms with van der Waals surface area (Å²) in [5, 5.41) is 3.81. The third kappa shape index (κ3) is 3.78. The van der Waals surface area contributed by atoms with Gasteiger partial charge >= 0.3 is 0 Å².